The highest BCUT2D eigenvalue weighted by Gasteiger charge is 2.14. The van der Waals surface area contributed by atoms with Crippen LogP contribution in [0.4, 0.5) is 0 Å². The highest BCUT2D eigenvalue weighted by Crippen LogP contribution is 2.27. The zero-order valence-electron chi connectivity index (χ0n) is 18.0. The van der Waals surface area contributed by atoms with Crippen LogP contribution in [0, 0.1) is 0 Å². The first-order chi connectivity index (χ1) is 16.2. The van der Waals surface area contributed by atoms with Crippen molar-refractivity contribution in [2.45, 2.75) is 6.92 Å². The fourth-order valence-electron chi connectivity index (χ4n) is 3.78. The van der Waals surface area contributed by atoms with Gasteiger partial charge in [-0.1, -0.05) is 83.2 Å². The van der Waals surface area contributed by atoms with E-state index < -0.39 is 0 Å². The van der Waals surface area contributed by atoms with Gasteiger partial charge in [-0.15, -0.1) is 0 Å². The molecule has 5 heteroatoms. The largest absolute Gasteiger partial charge is 0.456 e. The minimum atomic E-state index is 0.591. The van der Waals surface area contributed by atoms with Gasteiger partial charge in [-0.2, -0.15) is 0 Å². The average Bonchev–Trinajstić information content (AvgIpc) is 3.21. The summed E-state index contributed by atoms with van der Waals surface area (Å²) in [6.45, 7) is 5.79. The molecule has 0 unspecified atom stereocenters. The number of fused-ring (bicyclic) bond motifs is 1. The third-order valence-corrected chi connectivity index (χ3v) is 5.82. The van der Waals surface area contributed by atoms with Crippen molar-refractivity contribution in [3.05, 3.63) is 101 Å². The Morgan fingerprint density at radius 2 is 1.45 bits per heavy atom. The molecule has 0 saturated heterocycles. The summed E-state index contributed by atoms with van der Waals surface area (Å²) >= 11 is 3.55. The molecule has 2 heterocycles. The van der Waals surface area contributed by atoms with Gasteiger partial charge in [0.1, 0.15) is 11.0 Å². The number of aromatic nitrogens is 3. The van der Waals surface area contributed by atoms with E-state index in [-0.39, 0.29) is 0 Å². The molecular formula is C28H20BrN3O. The van der Waals surface area contributed by atoms with Crippen LogP contribution >= 0.6 is 15.9 Å². The molecule has 4 nitrogen and oxygen atoms in total. The predicted octanol–water partition coefficient (Wildman–Crippen LogP) is 6.15. The van der Waals surface area contributed by atoms with Crippen LogP contribution in [0.5, 0.6) is 0 Å². The van der Waals surface area contributed by atoms with Gasteiger partial charge < -0.3 is 4.42 Å². The summed E-state index contributed by atoms with van der Waals surface area (Å²) in [5.74, 6) is 1.83. The van der Waals surface area contributed by atoms with Crippen molar-refractivity contribution in [3.63, 3.8) is 0 Å². The summed E-state index contributed by atoms with van der Waals surface area (Å²) in [5.41, 5.74) is 4.27. The van der Waals surface area contributed by atoms with Crippen LogP contribution in [0.25, 0.3) is 57.3 Å². The molecular weight excluding hydrogens is 474 g/mol. The van der Waals surface area contributed by atoms with Crippen LogP contribution < -0.4 is 10.6 Å². The number of furan rings is 1. The van der Waals surface area contributed by atoms with Crippen molar-refractivity contribution < 1.29 is 4.42 Å². The van der Waals surface area contributed by atoms with E-state index in [0.29, 0.717) is 17.5 Å². The maximum Gasteiger partial charge on any atom is 0.164 e. The van der Waals surface area contributed by atoms with E-state index in [1.54, 1.807) is 6.08 Å². The summed E-state index contributed by atoms with van der Waals surface area (Å²) in [5, 5.41) is 2.09. The third-order valence-electron chi connectivity index (χ3n) is 5.32. The number of benzene rings is 3. The van der Waals surface area contributed by atoms with Crippen LogP contribution in [-0.4, -0.2) is 15.0 Å². The second-order valence-electron chi connectivity index (χ2n) is 7.46. The van der Waals surface area contributed by atoms with Gasteiger partial charge in [0, 0.05) is 31.8 Å². The quantitative estimate of drug-likeness (QED) is 0.301. The molecule has 0 N–H and O–H groups in total. The Balaban J connectivity index is 1.73. The minimum Gasteiger partial charge on any atom is -0.456 e. The van der Waals surface area contributed by atoms with E-state index in [1.807, 2.05) is 85.8 Å². The molecule has 0 amide bonds. The van der Waals surface area contributed by atoms with Crippen LogP contribution in [0.3, 0.4) is 0 Å². The van der Waals surface area contributed by atoms with Gasteiger partial charge in [0.2, 0.25) is 0 Å². The highest BCUT2D eigenvalue weighted by atomic mass is 79.9. The standard InChI is InChI=1S/C28H20BrN3O/c1-3-9-24-22(4-2)23-15-14-20(17-25(23)33-24)28-31-26(18-10-6-5-7-11-18)30-27(32-28)19-12-8-13-21(29)16-19/h3-17H,1H2,2H3/b22-4-,24-9+. The van der Waals surface area contributed by atoms with Crippen molar-refractivity contribution in [1.82, 2.24) is 15.0 Å². The number of rotatable bonds is 4. The van der Waals surface area contributed by atoms with Crippen molar-refractivity contribution in [3.8, 4) is 34.2 Å². The molecule has 0 aliphatic carbocycles. The first kappa shape index (κ1) is 21.0. The zero-order chi connectivity index (χ0) is 22.8. The summed E-state index contributed by atoms with van der Waals surface area (Å²) in [6, 6.07) is 23.9. The zero-order valence-corrected chi connectivity index (χ0v) is 19.6. The van der Waals surface area contributed by atoms with Gasteiger partial charge >= 0.3 is 0 Å². The fraction of sp³-hybridized carbons (Fsp3) is 0.0357. The Kier molecular flexibility index (Phi) is 5.71. The maximum absolute atomic E-state index is 6.10. The van der Waals surface area contributed by atoms with Gasteiger partial charge in [-0.3, -0.25) is 0 Å². The van der Waals surface area contributed by atoms with Gasteiger partial charge in [-0.25, -0.2) is 15.0 Å². The summed E-state index contributed by atoms with van der Waals surface area (Å²) in [6.07, 6.45) is 5.65. The lowest BCUT2D eigenvalue weighted by Gasteiger charge is -2.08. The van der Waals surface area contributed by atoms with Crippen LogP contribution in [0.15, 0.2) is 94.3 Å². The van der Waals surface area contributed by atoms with Gasteiger partial charge in [0.15, 0.2) is 17.5 Å². The van der Waals surface area contributed by atoms with Crippen molar-refractivity contribution in [1.29, 1.82) is 0 Å². The summed E-state index contributed by atoms with van der Waals surface area (Å²) in [4.78, 5) is 14.4. The van der Waals surface area contributed by atoms with E-state index in [9.17, 15) is 0 Å². The number of hydrogen-bond donors (Lipinski definition) is 0. The second kappa shape index (κ2) is 8.96. The van der Waals surface area contributed by atoms with Crippen molar-refractivity contribution in [2.24, 2.45) is 0 Å². The molecule has 0 radical (unpaired) electrons. The molecule has 33 heavy (non-hydrogen) atoms. The van der Waals surface area contributed by atoms with Crippen molar-refractivity contribution >= 4 is 39.1 Å². The van der Waals surface area contributed by atoms with Gasteiger partial charge in [0.25, 0.3) is 0 Å². The number of nitrogens with zero attached hydrogens (tertiary/aromatic N) is 3. The Morgan fingerprint density at radius 3 is 2.12 bits per heavy atom. The smallest absolute Gasteiger partial charge is 0.164 e. The van der Waals surface area contributed by atoms with E-state index in [2.05, 4.69) is 28.6 Å². The Bertz CT molecular complexity index is 1600. The molecule has 3 aromatic carbocycles. The summed E-state index contributed by atoms with van der Waals surface area (Å²) < 4.78 is 7.07. The first-order valence-corrected chi connectivity index (χ1v) is 11.3. The molecule has 0 saturated carbocycles. The van der Waals surface area contributed by atoms with E-state index in [0.717, 1.165) is 42.8 Å². The molecule has 5 aromatic rings. The Hall–Kier alpha value is -3.83. The lowest BCUT2D eigenvalue weighted by Crippen LogP contribution is -2.18. The molecule has 160 valence electrons. The SMILES string of the molecule is C=C/C=c1/oc2cc(-c3nc(-c4ccccc4)nc(-c4cccc(Br)c4)n3)ccc2/c1=C/C. The Labute approximate surface area is 199 Å². The van der Waals surface area contributed by atoms with E-state index in [4.69, 9.17) is 19.4 Å². The molecule has 0 spiro atoms. The minimum absolute atomic E-state index is 0.591. The van der Waals surface area contributed by atoms with Crippen LogP contribution in [0.2, 0.25) is 0 Å². The van der Waals surface area contributed by atoms with Crippen LogP contribution in [0.1, 0.15) is 6.92 Å². The normalized spacial score (nSPS) is 12.4. The van der Waals surface area contributed by atoms with E-state index >= 15 is 0 Å². The highest BCUT2D eigenvalue weighted by molar-refractivity contribution is 9.10. The number of allylic oxidation sites excluding steroid dienone is 1. The lowest BCUT2D eigenvalue weighted by atomic mass is 10.1. The maximum atomic E-state index is 6.10. The van der Waals surface area contributed by atoms with E-state index in [1.165, 1.54) is 0 Å². The molecule has 2 aromatic heterocycles. The fourth-order valence-corrected chi connectivity index (χ4v) is 4.18. The molecule has 0 atom stereocenters. The van der Waals surface area contributed by atoms with Crippen molar-refractivity contribution in [2.75, 3.05) is 0 Å². The topological polar surface area (TPSA) is 51.8 Å². The predicted molar refractivity (Wildman–Crippen MR) is 138 cm³/mol. The molecule has 0 fully saturated rings. The molecule has 0 aliphatic heterocycles. The average molecular weight is 494 g/mol. The van der Waals surface area contributed by atoms with Gasteiger partial charge in [-0.05, 0) is 37.3 Å². The van der Waals surface area contributed by atoms with Gasteiger partial charge in [0.05, 0.1) is 0 Å². The number of halogens is 1. The van der Waals surface area contributed by atoms with Crippen LogP contribution in [-0.2, 0) is 0 Å². The first-order valence-electron chi connectivity index (χ1n) is 10.6. The number of hydrogen-bond acceptors (Lipinski definition) is 4. The Morgan fingerprint density at radius 1 is 0.788 bits per heavy atom. The second-order valence-corrected chi connectivity index (χ2v) is 8.38. The monoisotopic (exact) mass is 493 g/mol. The molecule has 0 aliphatic rings. The lowest BCUT2D eigenvalue weighted by molar-refractivity contribution is 0.576. The molecule has 5 rings (SSSR count). The molecule has 0 bridgehead atoms. The summed E-state index contributed by atoms with van der Waals surface area (Å²) in [7, 11) is 0. The third kappa shape index (κ3) is 4.15.